The van der Waals surface area contributed by atoms with Crippen molar-refractivity contribution in [1.82, 2.24) is 14.3 Å². The molecule has 0 atom stereocenters. The van der Waals surface area contributed by atoms with E-state index >= 15 is 0 Å². The number of nitrogens with zero attached hydrogens (tertiary/aromatic N) is 4. The SMILES string of the molecule is O=c1cc(N2CC(N3CCc4sccc4C3)C2)nc2ccccn12. The zero-order chi connectivity index (χ0) is 16.1. The molecule has 3 aromatic rings. The van der Waals surface area contributed by atoms with E-state index in [0.29, 0.717) is 11.7 Å². The van der Waals surface area contributed by atoms with E-state index in [0.717, 1.165) is 32.0 Å². The van der Waals surface area contributed by atoms with Crippen molar-refractivity contribution in [2.24, 2.45) is 0 Å². The van der Waals surface area contributed by atoms with Crippen molar-refractivity contribution in [2.75, 3.05) is 24.5 Å². The maximum atomic E-state index is 12.2. The Morgan fingerprint density at radius 3 is 3.04 bits per heavy atom. The minimum atomic E-state index is -0.0139. The van der Waals surface area contributed by atoms with Gasteiger partial charge in [0.1, 0.15) is 11.5 Å². The Balaban J connectivity index is 1.33. The smallest absolute Gasteiger partial charge is 0.259 e. The third-order valence-corrected chi connectivity index (χ3v) is 6.12. The maximum Gasteiger partial charge on any atom is 0.259 e. The molecule has 0 aliphatic carbocycles. The molecule has 6 heteroatoms. The Hall–Kier alpha value is -2.18. The molecule has 122 valence electrons. The molecule has 0 amide bonds. The number of aromatic nitrogens is 2. The molecule has 2 aliphatic heterocycles. The van der Waals surface area contributed by atoms with E-state index in [-0.39, 0.29) is 5.56 Å². The first kappa shape index (κ1) is 14.2. The topological polar surface area (TPSA) is 40.9 Å². The van der Waals surface area contributed by atoms with Crippen LogP contribution in [0.3, 0.4) is 0 Å². The lowest BCUT2D eigenvalue weighted by molar-refractivity contribution is 0.151. The summed E-state index contributed by atoms with van der Waals surface area (Å²) in [6.07, 6.45) is 2.93. The summed E-state index contributed by atoms with van der Waals surface area (Å²) in [5.41, 5.74) is 2.19. The minimum absolute atomic E-state index is 0.0139. The first-order valence-corrected chi connectivity index (χ1v) is 9.18. The van der Waals surface area contributed by atoms with Crippen LogP contribution in [0.1, 0.15) is 10.4 Å². The fraction of sp³-hybridized carbons (Fsp3) is 0.333. The molecule has 3 aromatic heterocycles. The molecule has 24 heavy (non-hydrogen) atoms. The maximum absolute atomic E-state index is 12.2. The molecule has 0 unspecified atom stereocenters. The summed E-state index contributed by atoms with van der Waals surface area (Å²) in [4.78, 5) is 23.2. The third kappa shape index (κ3) is 2.25. The van der Waals surface area contributed by atoms with Gasteiger partial charge in [-0.2, -0.15) is 0 Å². The van der Waals surface area contributed by atoms with Crippen LogP contribution >= 0.6 is 11.3 Å². The van der Waals surface area contributed by atoms with E-state index in [1.54, 1.807) is 21.5 Å². The van der Waals surface area contributed by atoms with Gasteiger partial charge in [0.15, 0.2) is 0 Å². The summed E-state index contributed by atoms with van der Waals surface area (Å²) in [6.45, 7) is 4.11. The van der Waals surface area contributed by atoms with E-state index in [4.69, 9.17) is 0 Å². The van der Waals surface area contributed by atoms with Crippen LogP contribution in [0.4, 0.5) is 5.82 Å². The van der Waals surface area contributed by atoms with Gasteiger partial charge in [-0.25, -0.2) is 4.98 Å². The van der Waals surface area contributed by atoms with Crippen LogP contribution in [-0.4, -0.2) is 40.0 Å². The van der Waals surface area contributed by atoms with E-state index in [9.17, 15) is 4.79 Å². The van der Waals surface area contributed by atoms with Gasteiger partial charge >= 0.3 is 0 Å². The monoisotopic (exact) mass is 338 g/mol. The largest absolute Gasteiger partial charge is 0.353 e. The minimum Gasteiger partial charge on any atom is -0.353 e. The molecular weight excluding hydrogens is 320 g/mol. The van der Waals surface area contributed by atoms with E-state index in [1.807, 2.05) is 29.5 Å². The quantitative estimate of drug-likeness (QED) is 0.717. The van der Waals surface area contributed by atoms with E-state index < -0.39 is 0 Å². The van der Waals surface area contributed by atoms with Crippen LogP contribution in [0.2, 0.25) is 0 Å². The molecule has 5 heterocycles. The van der Waals surface area contributed by atoms with Crippen LogP contribution in [-0.2, 0) is 13.0 Å². The van der Waals surface area contributed by atoms with Crippen molar-refractivity contribution in [3.8, 4) is 0 Å². The summed E-state index contributed by atoms with van der Waals surface area (Å²) in [6, 6.07) is 10.1. The highest BCUT2D eigenvalue weighted by Gasteiger charge is 2.34. The van der Waals surface area contributed by atoms with Crippen LogP contribution in [0.5, 0.6) is 0 Å². The summed E-state index contributed by atoms with van der Waals surface area (Å²) >= 11 is 1.88. The van der Waals surface area contributed by atoms with Crippen molar-refractivity contribution in [3.05, 3.63) is 62.7 Å². The molecule has 5 nitrogen and oxygen atoms in total. The van der Waals surface area contributed by atoms with Gasteiger partial charge in [-0.05, 0) is 35.6 Å². The van der Waals surface area contributed by atoms with Crippen LogP contribution in [0.15, 0.2) is 46.7 Å². The Morgan fingerprint density at radius 2 is 2.12 bits per heavy atom. The summed E-state index contributed by atoms with van der Waals surface area (Å²) in [5, 5.41) is 2.20. The second kappa shape index (κ2) is 5.43. The van der Waals surface area contributed by atoms with Crippen molar-refractivity contribution < 1.29 is 0 Å². The van der Waals surface area contributed by atoms with Crippen LogP contribution < -0.4 is 10.5 Å². The second-order valence-electron chi connectivity index (χ2n) is 6.53. The number of rotatable bonds is 2. The predicted octanol–water partition coefficient (Wildman–Crippen LogP) is 2.00. The highest BCUT2D eigenvalue weighted by molar-refractivity contribution is 7.10. The van der Waals surface area contributed by atoms with Crippen molar-refractivity contribution >= 4 is 22.8 Å². The van der Waals surface area contributed by atoms with Crippen molar-refractivity contribution in [2.45, 2.75) is 19.0 Å². The van der Waals surface area contributed by atoms with E-state index in [1.165, 1.54) is 12.0 Å². The van der Waals surface area contributed by atoms with Gasteiger partial charge < -0.3 is 4.90 Å². The Bertz CT molecular complexity index is 957. The number of anilines is 1. The predicted molar refractivity (Wildman–Crippen MR) is 95.9 cm³/mol. The molecule has 0 bridgehead atoms. The zero-order valence-electron chi connectivity index (χ0n) is 13.3. The molecule has 0 saturated carbocycles. The highest BCUT2D eigenvalue weighted by atomic mass is 32.1. The molecular formula is C18H18N4OS. The summed E-state index contributed by atoms with van der Waals surface area (Å²) < 4.78 is 1.59. The van der Waals surface area contributed by atoms with Gasteiger partial charge in [0, 0.05) is 49.4 Å². The molecule has 1 fully saturated rings. The van der Waals surface area contributed by atoms with E-state index in [2.05, 4.69) is 26.2 Å². The molecule has 0 N–H and O–H groups in total. The van der Waals surface area contributed by atoms with Gasteiger partial charge in [-0.3, -0.25) is 14.1 Å². The fourth-order valence-corrected chi connectivity index (χ4v) is 4.55. The summed E-state index contributed by atoms with van der Waals surface area (Å²) in [7, 11) is 0. The fourth-order valence-electron chi connectivity index (χ4n) is 3.66. The first-order chi connectivity index (χ1) is 11.8. The molecule has 2 aliphatic rings. The lowest BCUT2D eigenvalue weighted by atomic mass is 10.0. The number of fused-ring (bicyclic) bond motifs is 2. The van der Waals surface area contributed by atoms with Gasteiger partial charge in [0.25, 0.3) is 5.56 Å². The average molecular weight is 338 g/mol. The van der Waals surface area contributed by atoms with Crippen LogP contribution in [0.25, 0.3) is 5.65 Å². The van der Waals surface area contributed by atoms with Crippen LogP contribution in [0, 0.1) is 0 Å². The Kier molecular flexibility index (Phi) is 3.21. The Morgan fingerprint density at radius 1 is 1.21 bits per heavy atom. The average Bonchev–Trinajstić information content (AvgIpc) is 3.01. The molecule has 0 aromatic carbocycles. The molecule has 1 saturated heterocycles. The third-order valence-electron chi connectivity index (χ3n) is 5.10. The van der Waals surface area contributed by atoms with Gasteiger partial charge in [0.05, 0.1) is 0 Å². The lowest BCUT2D eigenvalue weighted by Crippen LogP contribution is -2.60. The standard InChI is InChI=1S/C18H18N4OS/c23-18-9-17(19-16-3-1-2-6-22(16)18)21-11-14(12-21)20-7-4-15-13(10-20)5-8-24-15/h1-3,5-6,8-9,14H,4,7,10-12H2. The number of hydrogen-bond donors (Lipinski definition) is 0. The second-order valence-corrected chi connectivity index (χ2v) is 7.53. The normalized spacial score (nSPS) is 18.6. The van der Waals surface area contributed by atoms with Gasteiger partial charge in [0.2, 0.25) is 0 Å². The highest BCUT2D eigenvalue weighted by Crippen LogP contribution is 2.29. The number of thiophene rings is 1. The molecule has 5 rings (SSSR count). The Labute approximate surface area is 143 Å². The zero-order valence-corrected chi connectivity index (χ0v) is 14.1. The van der Waals surface area contributed by atoms with Crippen molar-refractivity contribution in [1.29, 1.82) is 0 Å². The molecule has 0 radical (unpaired) electrons. The first-order valence-electron chi connectivity index (χ1n) is 8.30. The van der Waals surface area contributed by atoms with Crippen molar-refractivity contribution in [3.63, 3.8) is 0 Å². The molecule has 0 spiro atoms. The number of hydrogen-bond acceptors (Lipinski definition) is 5. The summed E-state index contributed by atoms with van der Waals surface area (Å²) in [5.74, 6) is 0.802. The van der Waals surface area contributed by atoms with Gasteiger partial charge in [-0.1, -0.05) is 6.07 Å². The van der Waals surface area contributed by atoms with Gasteiger partial charge in [-0.15, -0.1) is 11.3 Å². The number of pyridine rings is 1. The lowest BCUT2D eigenvalue weighted by Gasteiger charge is -2.47.